The van der Waals surface area contributed by atoms with E-state index in [2.05, 4.69) is 11.7 Å². The maximum atomic E-state index is 10.9. The molecule has 0 N–H and O–H groups in total. The third-order valence-electron chi connectivity index (χ3n) is 1.42. The van der Waals surface area contributed by atoms with Gasteiger partial charge in [-0.05, 0) is 12.5 Å². The Kier molecular flexibility index (Phi) is 2.65. The normalized spacial score (nSPS) is 9.64. The monoisotopic (exact) mass is 170 g/mol. The minimum atomic E-state index is -0.249. The first-order valence-electron chi connectivity index (χ1n) is 3.43. The molecule has 0 fully saturated rings. The molecule has 0 bridgehead atoms. The van der Waals surface area contributed by atoms with Crippen LogP contribution in [0.25, 0.3) is 0 Å². The van der Waals surface area contributed by atoms with Crippen molar-refractivity contribution in [2.24, 2.45) is 0 Å². The molecule has 2 nitrogen and oxygen atoms in total. The van der Waals surface area contributed by atoms with Gasteiger partial charge >= 0.3 is 5.97 Å². The predicted molar refractivity (Wildman–Crippen MR) is 45.0 cm³/mol. The minimum Gasteiger partial charge on any atom is -0.465 e. The van der Waals surface area contributed by atoms with E-state index in [4.69, 9.17) is 0 Å². The summed E-state index contributed by atoms with van der Waals surface area (Å²) >= 11 is 1.59. The first kappa shape index (κ1) is 8.27. The predicted octanol–water partition coefficient (Wildman–Crippen LogP) is 2.10. The van der Waals surface area contributed by atoms with Crippen molar-refractivity contribution < 1.29 is 9.53 Å². The van der Waals surface area contributed by atoms with Gasteiger partial charge in [-0.1, -0.05) is 6.92 Å². The second-order valence-electron chi connectivity index (χ2n) is 2.15. The highest BCUT2D eigenvalue weighted by atomic mass is 32.1. The summed E-state index contributed by atoms with van der Waals surface area (Å²) in [5.74, 6) is -0.249. The third kappa shape index (κ3) is 1.80. The van der Waals surface area contributed by atoms with E-state index in [1.807, 2.05) is 11.4 Å². The maximum absolute atomic E-state index is 10.9. The number of carbonyl (C=O) groups excluding carboxylic acids is 1. The van der Waals surface area contributed by atoms with Gasteiger partial charge < -0.3 is 4.74 Å². The van der Waals surface area contributed by atoms with E-state index in [0.717, 1.165) is 6.42 Å². The maximum Gasteiger partial charge on any atom is 0.338 e. The van der Waals surface area contributed by atoms with Crippen LogP contribution in [0, 0.1) is 0 Å². The van der Waals surface area contributed by atoms with Crippen LogP contribution in [-0.2, 0) is 11.2 Å². The largest absolute Gasteiger partial charge is 0.465 e. The molecular weight excluding hydrogens is 160 g/mol. The highest BCUT2D eigenvalue weighted by Crippen LogP contribution is 2.15. The summed E-state index contributed by atoms with van der Waals surface area (Å²) < 4.78 is 4.56. The first-order chi connectivity index (χ1) is 5.27. The quantitative estimate of drug-likeness (QED) is 0.635. The smallest absolute Gasteiger partial charge is 0.338 e. The van der Waals surface area contributed by atoms with Gasteiger partial charge in [0.2, 0.25) is 0 Å². The molecule has 1 aromatic rings. The summed E-state index contributed by atoms with van der Waals surface area (Å²) in [5, 5.41) is 1.82. The zero-order valence-electron chi connectivity index (χ0n) is 6.59. The van der Waals surface area contributed by atoms with Crippen LogP contribution in [0.3, 0.4) is 0 Å². The number of hydrogen-bond acceptors (Lipinski definition) is 3. The van der Waals surface area contributed by atoms with Crippen molar-refractivity contribution in [2.45, 2.75) is 13.3 Å². The lowest BCUT2D eigenvalue weighted by molar-refractivity contribution is 0.0601. The van der Waals surface area contributed by atoms with Crippen LogP contribution >= 0.6 is 11.3 Å². The highest BCUT2D eigenvalue weighted by molar-refractivity contribution is 7.10. The van der Waals surface area contributed by atoms with E-state index >= 15 is 0 Å². The second-order valence-corrected chi connectivity index (χ2v) is 3.14. The van der Waals surface area contributed by atoms with E-state index < -0.39 is 0 Å². The molecule has 1 rings (SSSR count). The molecule has 3 heteroatoms. The fourth-order valence-corrected chi connectivity index (χ4v) is 1.60. The average Bonchev–Trinajstić information content (AvgIpc) is 2.50. The second kappa shape index (κ2) is 3.53. The van der Waals surface area contributed by atoms with Crippen molar-refractivity contribution >= 4 is 17.3 Å². The molecule has 0 radical (unpaired) electrons. The number of ether oxygens (including phenoxy) is 1. The molecule has 1 heterocycles. The van der Waals surface area contributed by atoms with E-state index in [1.54, 1.807) is 11.3 Å². The van der Waals surface area contributed by atoms with Gasteiger partial charge in [-0.15, -0.1) is 11.3 Å². The number of hydrogen-bond donors (Lipinski definition) is 0. The molecule has 0 unspecified atom stereocenters. The van der Waals surface area contributed by atoms with Gasteiger partial charge in [-0.3, -0.25) is 0 Å². The van der Waals surface area contributed by atoms with Crippen molar-refractivity contribution in [3.8, 4) is 0 Å². The van der Waals surface area contributed by atoms with Crippen LogP contribution in [-0.4, -0.2) is 13.1 Å². The molecule has 0 aliphatic carbocycles. The summed E-state index contributed by atoms with van der Waals surface area (Å²) in [6.45, 7) is 2.06. The van der Waals surface area contributed by atoms with Crippen LogP contribution < -0.4 is 0 Å². The summed E-state index contributed by atoms with van der Waals surface area (Å²) in [6, 6.07) is 1.87. The minimum absolute atomic E-state index is 0.249. The van der Waals surface area contributed by atoms with Crippen LogP contribution in [0.5, 0.6) is 0 Å². The van der Waals surface area contributed by atoms with Crippen molar-refractivity contribution in [2.75, 3.05) is 7.11 Å². The molecule has 0 saturated carbocycles. The third-order valence-corrected chi connectivity index (χ3v) is 2.50. The summed E-state index contributed by atoms with van der Waals surface area (Å²) in [7, 11) is 1.39. The molecule has 0 amide bonds. The Labute approximate surface area is 69.8 Å². The van der Waals surface area contributed by atoms with Crippen LogP contribution in [0.15, 0.2) is 11.4 Å². The number of carbonyl (C=O) groups is 1. The number of rotatable bonds is 2. The van der Waals surface area contributed by atoms with Gasteiger partial charge in [-0.2, -0.15) is 0 Å². The standard InChI is InChI=1S/C8H10O2S/c1-3-7-4-6(5-11-7)8(9)10-2/h4-5H,3H2,1-2H3. The molecule has 11 heavy (non-hydrogen) atoms. The molecule has 0 aliphatic heterocycles. The van der Waals surface area contributed by atoms with Crippen LogP contribution in [0.2, 0.25) is 0 Å². The fraction of sp³-hybridized carbons (Fsp3) is 0.375. The Morgan fingerprint density at radius 1 is 1.73 bits per heavy atom. The number of methoxy groups -OCH3 is 1. The molecule has 60 valence electrons. The Balaban J connectivity index is 2.80. The van der Waals surface area contributed by atoms with Gasteiger partial charge in [-0.25, -0.2) is 4.79 Å². The molecule has 0 spiro atoms. The van der Waals surface area contributed by atoms with E-state index in [9.17, 15) is 4.79 Å². The first-order valence-corrected chi connectivity index (χ1v) is 4.31. The zero-order chi connectivity index (χ0) is 8.27. The fourth-order valence-electron chi connectivity index (χ4n) is 0.791. The average molecular weight is 170 g/mol. The van der Waals surface area contributed by atoms with Gasteiger partial charge in [0.05, 0.1) is 12.7 Å². The number of thiophene rings is 1. The molecule has 0 aromatic carbocycles. The number of esters is 1. The SMILES string of the molecule is CCc1cc(C(=O)OC)cs1. The lowest BCUT2D eigenvalue weighted by Crippen LogP contribution is -1.98. The number of aryl methyl sites for hydroxylation is 1. The van der Waals surface area contributed by atoms with Crippen molar-refractivity contribution in [1.82, 2.24) is 0 Å². The Hall–Kier alpha value is -0.830. The van der Waals surface area contributed by atoms with E-state index in [-0.39, 0.29) is 5.97 Å². The lowest BCUT2D eigenvalue weighted by atomic mass is 10.3. The molecule has 0 atom stereocenters. The Bertz CT molecular complexity index is 252. The summed E-state index contributed by atoms with van der Waals surface area (Å²) in [5.41, 5.74) is 0.661. The zero-order valence-corrected chi connectivity index (χ0v) is 7.40. The Morgan fingerprint density at radius 3 is 2.91 bits per heavy atom. The van der Waals surface area contributed by atoms with Gasteiger partial charge in [0.1, 0.15) is 0 Å². The molecule has 1 aromatic heterocycles. The van der Waals surface area contributed by atoms with Crippen LogP contribution in [0.1, 0.15) is 22.2 Å². The summed E-state index contributed by atoms with van der Waals surface area (Å²) in [6.07, 6.45) is 0.974. The van der Waals surface area contributed by atoms with Gasteiger partial charge in [0.15, 0.2) is 0 Å². The van der Waals surface area contributed by atoms with Crippen molar-refractivity contribution in [3.63, 3.8) is 0 Å². The summed E-state index contributed by atoms with van der Waals surface area (Å²) in [4.78, 5) is 12.1. The lowest BCUT2D eigenvalue weighted by Gasteiger charge is -1.91. The Morgan fingerprint density at radius 2 is 2.45 bits per heavy atom. The molecule has 0 saturated heterocycles. The van der Waals surface area contributed by atoms with Crippen LogP contribution in [0.4, 0.5) is 0 Å². The topological polar surface area (TPSA) is 26.3 Å². The van der Waals surface area contributed by atoms with E-state index in [1.165, 1.54) is 12.0 Å². The van der Waals surface area contributed by atoms with E-state index in [0.29, 0.717) is 5.56 Å². The molecule has 0 aliphatic rings. The van der Waals surface area contributed by atoms with Gasteiger partial charge in [0, 0.05) is 10.3 Å². The van der Waals surface area contributed by atoms with Gasteiger partial charge in [0.25, 0.3) is 0 Å². The van der Waals surface area contributed by atoms with Crippen molar-refractivity contribution in [3.05, 3.63) is 21.9 Å². The highest BCUT2D eigenvalue weighted by Gasteiger charge is 2.06. The van der Waals surface area contributed by atoms with Crippen molar-refractivity contribution in [1.29, 1.82) is 0 Å². The molecular formula is C8H10O2S.